The number of hydrogen-bond donors (Lipinski definition) is 2. The predicted molar refractivity (Wildman–Crippen MR) is 120 cm³/mol. The standard InChI is InChI=1S/C21H23N3O5S2/c1-13-10-14(2)20-18(11-13)30-21(24-20)23-19(25)6-7-22-31(26,27)15-4-5-16-17(12-15)29-9-3-8-28-16/h4-5,10-12,22H,3,6-9H2,1-2H3,(H,23,24,25). The van der Waals surface area contributed by atoms with Crippen LogP contribution in [-0.4, -0.2) is 39.1 Å². The van der Waals surface area contributed by atoms with Gasteiger partial charge in [0.2, 0.25) is 15.9 Å². The van der Waals surface area contributed by atoms with Crippen LogP contribution < -0.4 is 19.5 Å². The average molecular weight is 462 g/mol. The molecule has 0 aliphatic carbocycles. The van der Waals surface area contributed by atoms with Gasteiger partial charge >= 0.3 is 0 Å². The van der Waals surface area contributed by atoms with Gasteiger partial charge in [-0.25, -0.2) is 18.1 Å². The van der Waals surface area contributed by atoms with Crippen molar-refractivity contribution >= 4 is 42.6 Å². The maximum absolute atomic E-state index is 12.6. The zero-order chi connectivity index (χ0) is 22.0. The molecule has 0 radical (unpaired) electrons. The summed E-state index contributed by atoms with van der Waals surface area (Å²) in [6.45, 7) is 4.95. The molecule has 3 aromatic rings. The van der Waals surface area contributed by atoms with E-state index in [1.165, 1.54) is 23.5 Å². The molecule has 1 aliphatic heterocycles. The minimum absolute atomic E-state index is 0.0162. The van der Waals surface area contributed by atoms with E-state index >= 15 is 0 Å². The number of aromatic nitrogens is 1. The van der Waals surface area contributed by atoms with Crippen LogP contribution in [0.5, 0.6) is 11.5 Å². The van der Waals surface area contributed by atoms with Gasteiger partial charge in [0.1, 0.15) is 0 Å². The summed E-state index contributed by atoms with van der Waals surface area (Å²) < 4.78 is 39.7. The lowest BCUT2D eigenvalue weighted by molar-refractivity contribution is -0.116. The molecule has 1 amide bonds. The van der Waals surface area contributed by atoms with Crippen molar-refractivity contribution in [1.82, 2.24) is 9.71 Å². The third-order valence-electron chi connectivity index (χ3n) is 4.75. The number of carbonyl (C=O) groups excluding carboxylic acids is 1. The number of amides is 1. The number of ether oxygens (including phenoxy) is 2. The van der Waals surface area contributed by atoms with Gasteiger partial charge in [0, 0.05) is 25.5 Å². The molecule has 2 heterocycles. The summed E-state index contributed by atoms with van der Waals surface area (Å²) in [7, 11) is -3.78. The number of hydrogen-bond acceptors (Lipinski definition) is 7. The summed E-state index contributed by atoms with van der Waals surface area (Å²) in [4.78, 5) is 16.8. The van der Waals surface area contributed by atoms with E-state index in [4.69, 9.17) is 9.47 Å². The molecular formula is C21H23N3O5S2. The number of fused-ring (bicyclic) bond motifs is 2. The lowest BCUT2D eigenvalue weighted by Crippen LogP contribution is -2.27. The van der Waals surface area contributed by atoms with E-state index in [-0.39, 0.29) is 23.8 Å². The molecule has 8 nitrogen and oxygen atoms in total. The molecule has 0 unspecified atom stereocenters. The van der Waals surface area contributed by atoms with E-state index in [9.17, 15) is 13.2 Å². The van der Waals surface area contributed by atoms with E-state index in [1.54, 1.807) is 6.07 Å². The van der Waals surface area contributed by atoms with Crippen LogP contribution >= 0.6 is 11.3 Å². The summed E-state index contributed by atoms with van der Waals surface area (Å²) in [5.74, 6) is 0.617. The second-order valence-corrected chi connectivity index (χ2v) is 10.1. The zero-order valence-electron chi connectivity index (χ0n) is 17.2. The molecule has 0 saturated heterocycles. The fourth-order valence-electron chi connectivity index (χ4n) is 3.30. The van der Waals surface area contributed by atoms with Crippen LogP contribution in [0.2, 0.25) is 0 Å². The lowest BCUT2D eigenvalue weighted by Gasteiger charge is -2.10. The highest BCUT2D eigenvalue weighted by Gasteiger charge is 2.19. The summed E-state index contributed by atoms with van der Waals surface area (Å²) in [6, 6.07) is 8.55. The third-order valence-corrected chi connectivity index (χ3v) is 7.13. The van der Waals surface area contributed by atoms with Crippen molar-refractivity contribution in [1.29, 1.82) is 0 Å². The molecular weight excluding hydrogens is 438 g/mol. The number of carbonyl (C=O) groups is 1. The van der Waals surface area contributed by atoms with Crippen LogP contribution in [0.1, 0.15) is 24.0 Å². The molecule has 1 aliphatic rings. The van der Waals surface area contributed by atoms with Gasteiger partial charge in [0.15, 0.2) is 16.6 Å². The molecule has 31 heavy (non-hydrogen) atoms. The quantitative estimate of drug-likeness (QED) is 0.583. The Morgan fingerprint density at radius 3 is 2.71 bits per heavy atom. The van der Waals surface area contributed by atoms with Crippen LogP contribution in [0, 0.1) is 13.8 Å². The van der Waals surface area contributed by atoms with Crippen LogP contribution in [0.25, 0.3) is 10.2 Å². The number of sulfonamides is 1. The largest absolute Gasteiger partial charge is 0.490 e. The lowest BCUT2D eigenvalue weighted by atomic mass is 10.1. The van der Waals surface area contributed by atoms with Crippen molar-refractivity contribution < 1.29 is 22.7 Å². The molecule has 0 saturated carbocycles. The van der Waals surface area contributed by atoms with Crippen LogP contribution in [-0.2, 0) is 14.8 Å². The Morgan fingerprint density at radius 2 is 1.90 bits per heavy atom. The van der Waals surface area contributed by atoms with Crippen LogP contribution in [0.15, 0.2) is 35.2 Å². The Kier molecular flexibility index (Phi) is 6.12. The van der Waals surface area contributed by atoms with E-state index in [1.807, 2.05) is 26.0 Å². The SMILES string of the molecule is Cc1cc(C)c2nc(NC(=O)CCNS(=O)(=O)c3ccc4c(c3)OCCCO4)sc2c1. The van der Waals surface area contributed by atoms with Crippen molar-refractivity contribution in [3.8, 4) is 11.5 Å². The molecule has 0 fully saturated rings. The van der Waals surface area contributed by atoms with Gasteiger partial charge in [-0.2, -0.15) is 0 Å². The van der Waals surface area contributed by atoms with Gasteiger partial charge in [0.05, 0.1) is 28.3 Å². The smallest absolute Gasteiger partial charge is 0.240 e. The number of thiazole rings is 1. The Morgan fingerprint density at radius 1 is 1.13 bits per heavy atom. The van der Waals surface area contributed by atoms with Crippen LogP contribution in [0.4, 0.5) is 5.13 Å². The van der Waals surface area contributed by atoms with Gasteiger partial charge in [0.25, 0.3) is 0 Å². The summed E-state index contributed by atoms with van der Waals surface area (Å²) >= 11 is 1.40. The highest BCUT2D eigenvalue weighted by Crippen LogP contribution is 2.32. The maximum Gasteiger partial charge on any atom is 0.240 e. The number of anilines is 1. The Bertz CT molecular complexity index is 1240. The highest BCUT2D eigenvalue weighted by molar-refractivity contribution is 7.89. The monoisotopic (exact) mass is 461 g/mol. The molecule has 164 valence electrons. The Balaban J connectivity index is 1.36. The normalized spacial score (nSPS) is 13.7. The topological polar surface area (TPSA) is 107 Å². The highest BCUT2D eigenvalue weighted by atomic mass is 32.2. The van der Waals surface area contributed by atoms with Gasteiger partial charge in [-0.3, -0.25) is 4.79 Å². The van der Waals surface area contributed by atoms with Gasteiger partial charge < -0.3 is 14.8 Å². The van der Waals surface area contributed by atoms with Gasteiger partial charge in [-0.05, 0) is 43.2 Å². The number of benzene rings is 2. The Labute approximate surface area is 184 Å². The first kappa shape index (κ1) is 21.5. The van der Waals surface area contributed by atoms with E-state index < -0.39 is 10.0 Å². The summed E-state index contributed by atoms with van der Waals surface area (Å²) in [5, 5.41) is 3.25. The maximum atomic E-state index is 12.6. The molecule has 0 atom stereocenters. The first-order chi connectivity index (χ1) is 14.8. The van der Waals surface area contributed by atoms with Gasteiger partial charge in [-0.15, -0.1) is 0 Å². The average Bonchev–Trinajstić information content (AvgIpc) is 2.95. The zero-order valence-corrected chi connectivity index (χ0v) is 18.9. The molecule has 2 aromatic carbocycles. The summed E-state index contributed by atoms with van der Waals surface area (Å²) in [5.41, 5.74) is 3.05. The molecule has 1 aromatic heterocycles. The minimum Gasteiger partial charge on any atom is -0.490 e. The third kappa shape index (κ3) is 4.97. The second kappa shape index (κ2) is 8.81. The van der Waals surface area contributed by atoms with Gasteiger partial charge in [-0.1, -0.05) is 17.4 Å². The van der Waals surface area contributed by atoms with Crippen LogP contribution in [0.3, 0.4) is 0 Å². The van der Waals surface area contributed by atoms with Crippen molar-refractivity contribution in [3.05, 3.63) is 41.5 Å². The minimum atomic E-state index is -3.78. The molecule has 4 rings (SSSR count). The number of aryl methyl sites for hydroxylation is 2. The molecule has 10 heteroatoms. The number of rotatable bonds is 6. The van der Waals surface area contributed by atoms with Crippen molar-refractivity contribution in [3.63, 3.8) is 0 Å². The second-order valence-electron chi connectivity index (χ2n) is 7.30. The van der Waals surface area contributed by atoms with E-state index in [0.29, 0.717) is 29.8 Å². The molecule has 2 N–H and O–H groups in total. The van der Waals surface area contributed by atoms with E-state index in [0.717, 1.165) is 27.8 Å². The first-order valence-electron chi connectivity index (χ1n) is 9.89. The van der Waals surface area contributed by atoms with E-state index in [2.05, 4.69) is 15.0 Å². The first-order valence-corrected chi connectivity index (χ1v) is 12.2. The Hall–Kier alpha value is -2.69. The number of nitrogens with one attached hydrogen (secondary N) is 2. The fraction of sp³-hybridized carbons (Fsp3) is 0.333. The molecule has 0 bridgehead atoms. The summed E-state index contributed by atoms with van der Waals surface area (Å²) in [6.07, 6.45) is 0.718. The van der Waals surface area contributed by atoms with Crippen molar-refractivity contribution in [2.24, 2.45) is 0 Å². The number of nitrogens with zero attached hydrogens (tertiary/aromatic N) is 1. The van der Waals surface area contributed by atoms with Crippen molar-refractivity contribution in [2.45, 2.75) is 31.6 Å². The fourth-order valence-corrected chi connectivity index (χ4v) is 5.40. The predicted octanol–water partition coefficient (Wildman–Crippen LogP) is 3.38. The molecule has 0 spiro atoms. The van der Waals surface area contributed by atoms with Crippen molar-refractivity contribution in [2.75, 3.05) is 25.1 Å².